The van der Waals surface area contributed by atoms with E-state index in [-0.39, 0.29) is 11.7 Å². The van der Waals surface area contributed by atoms with Crippen molar-refractivity contribution in [2.45, 2.75) is 38.8 Å². The van der Waals surface area contributed by atoms with Crippen LogP contribution in [0, 0.1) is 0 Å². The number of hydrogen-bond donors (Lipinski definition) is 0. The summed E-state index contributed by atoms with van der Waals surface area (Å²) in [5.74, 6) is 0.0238. The summed E-state index contributed by atoms with van der Waals surface area (Å²) in [6.45, 7) is -2.53. The Bertz CT molecular complexity index is 761. The molecule has 0 atom stereocenters. The summed E-state index contributed by atoms with van der Waals surface area (Å²) in [5.41, 5.74) is 4.01. The maximum absolute atomic E-state index is 12.7. The van der Waals surface area contributed by atoms with Crippen molar-refractivity contribution in [1.82, 2.24) is 4.90 Å². The van der Waals surface area contributed by atoms with E-state index in [0.717, 1.165) is 24.8 Å². The summed E-state index contributed by atoms with van der Waals surface area (Å²) >= 11 is 0. The molecule has 0 N–H and O–H groups in total. The lowest BCUT2D eigenvalue weighted by Crippen LogP contribution is -2.26. The molecule has 1 amide bonds. The number of carbonyl (C=O) groups excluding carboxylic acids is 1. The number of amides is 1. The predicted octanol–water partition coefficient (Wildman–Crippen LogP) is 4.44. The van der Waals surface area contributed by atoms with Gasteiger partial charge in [0, 0.05) is 19.2 Å². The normalized spacial score (nSPS) is 13.4. The number of aryl methyl sites for hydroxylation is 2. The zero-order chi connectivity index (χ0) is 17.8. The topological polar surface area (TPSA) is 29.5 Å². The second-order valence-corrected chi connectivity index (χ2v) is 6.38. The lowest BCUT2D eigenvalue weighted by atomic mass is 9.90. The van der Waals surface area contributed by atoms with Gasteiger partial charge in [-0.3, -0.25) is 4.79 Å². The number of benzene rings is 2. The first-order valence-corrected chi connectivity index (χ1v) is 8.44. The summed E-state index contributed by atoms with van der Waals surface area (Å²) in [4.78, 5) is 14.3. The standard InChI is InChI=1S/C20H21F2NO2/c1-23(13-14-5-4-8-18(11-14)25-20(21)22)19(24)17-10-9-15-6-2-3-7-16(15)12-17/h4-5,8-12,20H,2-3,6-7,13H2,1H3. The van der Waals surface area contributed by atoms with Gasteiger partial charge >= 0.3 is 6.61 Å². The molecular formula is C20H21F2NO2. The molecule has 2 aromatic rings. The van der Waals surface area contributed by atoms with Gasteiger partial charge in [-0.2, -0.15) is 8.78 Å². The Balaban J connectivity index is 1.70. The van der Waals surface area contributed by atoms with Crippen molar-refractivity contribution in [2.75, 3.05) is 7.05 Å². The van der Waals surface area contributed by atoms with Gasteiger partial charge in [0.05, 0.1) is 0 Å². The van der Waals surface area contributed by atoms with Crippen LogP contribution in [0.4, 0.5) is 8.78 Å². The SMILES string of the molecule is CN(Cc1cccc(OC(F)F)c1)C(=O)c1ccc2c(c1)CCCC2. The lowest BCUT2D eigenvalue weighted by molar-refractivity contribution is -0.0499. The van der Waals surface area contributed by atoms with Gasteiger partial charge in [-0.15, -0.1) is 0 Å². The monoisotopic (exact) mass is 345 g/mol. The highest BCUT2D eigenvalue weighted by molar-refractivity contribution is 5.94. The van der Waals surface area contributed by atoms with Gasteiger partial charge in [0.2, 0.25) is 0 Å². The molecule has 0 radical (unpaired) electrons. The van der Waals surface area contributed by atoms with Gasteiger partial charge < -0.3 is 9.64 Å². The van der Waals surface area contributed by atoms with Crippen LogP contribution in [0.25, 0.3) is 0 Å². The van der Waals surface area contributed by atoms with E-state index in [0.29, 0.717) is 12.1 Å². The Kier molecular flexibility index (Phi) is 5.31. The van der Waals surface area contributed by atoms with Crippen LogP contribution in [-0.4, -0.2) is 24.5 Å². The summed E-state index contributed by atoms with van der Waals surface area (Å²) in [7, 11) is 1.71. The molecule has 0 spiro atoms. The number of nitrogens with zero attached hydrogens (tertiary/aromatic N) is 1. The van der Waals surface area contributed by atoms with Gasteiger partial charge in [0.15, 0.2) is 0 Å². The fraction of sp³-hybridized carbons (Fsp3) is 0.350. The molecule has 132 valence electrons. The van der Waals surface area contributed by atoms with E-state index in [9.17, 15) is 13.6 Å². The maximum atomic E-state index is 12.7. The first kappa shape index (κ1) is 17.4. The predicted molar refractivity (Wildman–Crippen MR) is 92.0 cm³/mol. The molecule has 5 heteroatoms. The third kappa shape index (κ3) is 4.35. The Morgan fingerprint density at radius 3 is 2.64 bits per heavy atom. The van der Waals surface area contributed by atoms with Crippen LogP contribution in [0.1, 0.15) is 39.9 Å². The zero-order valence-electron chi connectivity index (χ0n) is 14.2. The van der Waals surface area contributed by atoms with E-state index in [1.54, 1.807) is 24.1 Å². The minimum atomic E-state index is -2.86. The van der Waals surface area contributed by atoms with E-state index in [1.165, 1.54) is 29.7 Å². The summed E-state index contributed by atoms with van der Waals surface area (Å²) in [5, 5.41) is 0. The molecule has 0 saturated heterocycles. The average Bonchev–Trinajstić information content (AvgIpc) is 2.60. The van der Waals surface area contributed by atoms with Crippen LogP contribution in [0.5, 0.6) is 5.75 Å². The van der Waals surface area contributed by atoms with Crippen molar-refractivity contribution >= 4 is 5.91 Å². The van der Waals surface area contributed by atoms with Gasteiger partial charge in [-0.25, -0.2) is 0 Å². The average molecular weight is 345 g/mol. The molecule has 0 unspecified atom stereocenters. The zero-order valence-corrected chi connectivity index (χ0v) is 14.2. The third-order valence-electron chi connectivity index (χ3n) is 4.49. The molecule has 0 bridgehead atoms. The third-order valence-corrected chi connectivity index (χ3v) is 4.49. The highest BCUT2D eigenvalue weighted by Crippen LogP contribution is 2.23. The van der Waals surface area contributed by atoms with Crippen molar-refractivity contribution in [2.24, 2.45) is 0 Å². The molecule has 1 aliphatic carbocycles. The maximum Gasteiger partial charge on any atom is 0.387 e. The van der Waals surface area contributed by atoms with Gasteiger partial charge in [0.1, 0.15) is 5.75 Å². The van der Waals surface area contributed by atoms with E-state index in [1.807, 2.05) is 18.2 Å². The van der Waals surface area contributed by atoms with Gasteiger partial charge in [-0.05, 0) is 66.6 Å². The highest BCUT2D eigenvalue weighted by Gasteiger charge is 2.16. The number of fused-ring (bicyclic) bond motifs is 1. The molecule has 0 saturated carbocycles. The molecule has 2 aromatic carbocycles. The molecule has 1 aliphatic rings. The van der Waals surface area contributed by atoms with E-state index < -0.39 is 6.61 Å². The molecule has 3 rings (SSSR count). The Labute approximate surface area is 146 Å². The molecule has 0 aliphatic heterocycles. The van der Waals surface area contributed by atoms with Crippen LogP contribution in [-0.2, 0) is 19.4 Å². The quantitative estimate of drug-likeness (QED) is 0.802. The number of carbonyl (C=O) groups is 1. The van der Waals surface area contributed by atoms with E-state index >= 15 is 0 Å². The van der Waals surface area contributed by atoms with Gasteiger partial charge in [0.25, 0.3) is 5.91 Å². The number of ether oxygens (including phenoxy) is 1. The summed E-state index contributed by atoms with van der Waals surface area (Å²) < 4.78 is 29.0. The fourth-order valence-corrected chi connectivity index (χ4v) is 3.25. The second kappa shape index (κ2) is 7.64. The lowest BCUT2D eigenvalue weighted by Gasteiger charge is -2.20. The Hall–Kier alpha value is -2.43. The van der Waals surface area contributed by atoms with Crippen LogP contribution in [0.2, 0.25) is 0 Å². The Morgan fingerprint density at radius 1 is 1.12 bits per heavy atom. The van der Waals surface area contributed by atoms with E-state index in [4.69, 9.17) is 0 Å². The fourth-order valence-electron chi connectivity index (χ4n) is 3.25. The smallest absolute Gasteiger partial charge is 0.387 e. The molecular weight excluding hydrogens is 324 g/mol. The number of rotatable bonds is 5. The second-order valence-electron chi connectivity index (χ2n) is 6.38. The highest BCUT2D eigenvalue weighted by atomic mass is 19.3. The summed E-state index contributed by atoms with van der Waals surface area (Å²) in [6, 6.07) is 12.3. The minimum Gasteiger partial charge on any atom is -0.435 e. The van der Waals surface area contributed by atoms with Crippen molar-refractivity contribution in [3.63, 3.8) is 0 Å². The van der Waals surface area contributed by atoms with Crippen LogP contribution < -0.4 is 4.74 Å². The van der Waals surface area contributed by atoms with Crippen LogP contribution in [0.15, 0.2) is 42.5 Å². The van der Waals surface area contributed by atoms with Crippen molar-refractivity contribution in [3.8, 4) is 5.75 Å². The van der Waals surface area contributed by atoms with Crippen LogP contribution in [0.3, 0.4) is 0 Å². The molecule has 0 aromatic heterocycles. The molecule has 25 heavy (non-hydrogen) atoms. The molecule has 0 fully saturated rings. The largest absolute Gasteiger partial charge is 0.435 e. The number of halogens is 2. The molecule has 3 nitrogen and oxygen atoms in total. The Morgan fingerprint density at radius 2 is 1.88 bits per heavy atom. The van der Waals surface area contributed by atoms with Crippen molar-refractivity contribution < 1.29 is 18.3 Å². The number of alkyl halides is 2. The number of hydrogen-bond acceptors (Lipinski definition) is 2. The van der Waals surface area contributed by atoms with Crippen molar-refractivity contribution in [3.05, 3.63) is 64.7 Å². The first-order chi connectivity index (χ1) is 12.0. The molecule has 0 heterocycles. The van der Waals surface area contributed by atoms with Crippen molar-refractivity contribution in [1.29, 1.82) is 0 Å². The minimum absolute atomic E-state index is 0.0754. The summed E-state index contributed by atoms with van der Waals surface area (Å²) in [6.07, 6.45) is 4.47. The first-order valence-electron chi connectivity index (χ1n) is 8.44. The van der Waals surface area contributed by atoms with E-state index in [2.05, 4.69) is 4.74 Å². The van der Waals surface area contributed by atoms with Gasteiger partial charge in [-0.1, -0.05) is 18.2 Å². The van der Waals surface area contributed by atoms with Crippen LogP contribution >= 0.6 is 0 Å².